The highest BCUT2D eigenvalue weighted by Gasteiger charge is 2.63. The minimum Gasteiger partial charge on any atom is -0.467 e. The van der Waals surface area contributed by atoms with Crippen LogP contribution in [-0.4, -0.2) is 73.9 Å². The molecular formula is C22H31NO8S. The van der Waals surface area contributed by atoms with E-state index < -0.39 is 63.3 Å². The van der Waals surface area contributed by atoms with E-state index in [1.165, 1.54) is 19.2 Å². The molecule has 0 N–H and O–H groups in total. The molecule has 2 saturated heterocycles. The van der Waals surface area contributed by atoms with Gasteiger partial charge < -0.3 is 18.9 Å². The summed E-state index contributed by atoms with van der Waals surface area (Å²) in [6.45, 7) is 10.2. The molecule has 0 unspecified atom stereocenters. The molecule has 0 aliphatic carbocycles. The summed E-state index contributed by atoms with van der Waals surface area (Å²) in [5.74, 6) is -2.26. The highest BCUT2D eigenvalue weighted by atomic mass is 32.2. The van der Waals surface area contributed by atoms with E-state index in [9.17, 15) is 18.0 Å². The first kappa shape index (κ1) is 24.5. The van der Waals surface area contributed by atoms with Gasteiger partial charge in [-0.05, 0) is 53.7 Å². The van der Waals surface area contributed by atoms with Crippen LogP contribution in [0.1, 0.15) is 40.2 Å². The summed E-state index contributed by atoms with van der Waals surface area (Å²) in [5, 5.41) is 0. The van der Waals surface area contributed by atoms with Crippen LogP contribution in [-0.2, 0) is 33.6 Å². The number of esters is 1. The molecule has 2 fully saturated rings. The van der Waals surface area contributed by atoms with Gasteiger partial charge in [-0.1, -0.05) is 17.7 Å². The van der Waals surface area contributed by atoms with Crippen molar-refractivity contribution in [3.05, 3.63) is 29.8 Å². The number of carbonyl (C=O) groups is 2. The summed E-state index contributed by atoms with van der Waals surface area (Å²) in [5.41, 5.74) is 0.0527. The van der Waals surface area contributed by atoms with Gasteiger partial charge in [0.15, 0.2) is 21.7 Å². The third-order valence-corrected chi connectivity index (χ3v) is 7.10. The minimum absolute atomic E-state index is 0.114. The fourth-order valence-corrected chi connectivity index (χ4v) is 5.60. The van der Waals surface area contributed by atoms with Gasteiger partial charge in [0.2, 0.25) is 0 Å². The zero-order chi connectivity index (χ0) is 24.1. The number of carbonyl (C=O) groups excluding carboxylic acids is 2. The van der Waals surface area contributed by atoms with Crippen molar-refractivity contribution >= 4 is 21.9 Å². The normalized spacial score (nSPS) is 27.2. The average Bonchev–Trinajstić information content (AvgIpc) is 3.10. The molecular weight excluding hydrogens is 438 g/mol. The number of aryl methyl sites for hydroxylation is 1. The van der Waals surface area contributed by atoms with E-state index in [0.717, 1.165) is 10.5 Å². The number of hydrogen-bond donors (Lipinski definition) is 0. The zero-order valence-corrected chi connectivity index (χ0v) is 20.3. The Bertz CT molecular complexity index is 980. The maximum atomic E-state index is 13.3. The van der Waals surface area contributed by atoms with Crippen molar-refractivity contribution in [3.8, 4) is 0 Å². The fourth-order valence-electron chi connectivity index (χ4n) is 4.06. The van der Waals surface area contributed by atoms with Crippen molar-refractivity contribution in [1.82, 2.24) is 4.90 Å². The molecule has 10 heteroatoms. The number of likely N-dealkylation sites (tertiary alicyclic amines) is 1. The first-order valence-corrected chi connectivity index (χ1v) is 12.0. The molecule has 1 aromatic rings. The fraction of sp³-hybridized carbons (Fsp3) is 0.636. The molecule has 2 heterocycles. The van der Waals surface area contributed by atoms with Crippen molar-refractivity contribution in [3.63, 3.8) is 0 Å². The molecule has 0 spiro atoms. The molecule has 3 rings (SSSR count). The molecule has 32 heavy (non-hydrogen) atoms. The van der Waals surface area contributed by atoms with Crippen molar-refractivity contribution in [2.45, 2.75) is 82.1 Å². The van der Waals surface area contributed by atoms with Gasteiger partial charge >= 0.3 is 12.1 Å². The third kappa shape index (κ3) is 4.92. The number of fused-ring (bicyclic) bond motifs is 1. The number of sulfone groups is 1. The topological polar surface area (TPSA) is 108 Å². The highest BCUT2D eigenvalue weighted by molar-refractivity contribution is 7.91. The Kier molecular flexibility index (Phi) is 6.36. The predicted octanol–water partition coefficient (Wildman–Crippen LogP) is 2.45. The zero-order valence-electron chi connectivity index (χ0n) is 19.4. The molecule has 4 atom stereocenters. The molecule has 178 valence electrons. The number of rotatable bonds is 4. The van der Waals surface area contributed by atoms with E-state index in [0.29, 0.717) is 0 Å². The quantitative estimate of drug-likeness (QED) is 0.619. The molecule has 1 aromatic carbocycles. The molecule has 2 aliphatic rings. The summed E-state index contributed by atoms with van der Waals surface area (Å²) in [7, 11) is -2.64. The number of ether oxygens (including phenoxy) is 4. The first-order valence-electron chi connectivity index (χ1n) is 10.4. The Balaban J connectivity index is 2.04. The molecule has 2 aliphatic heterocycles. The largest absolute Gasteiger partial charge is 0.467 e. The number of benzene rings is 1. The van der Waals surface area contributed by atoms with Gasteiger partial charge in [-0.25, -0.2) is 18.0 Å². The number of hydrogen-bond acceptors (Lipinski definition) is 8. The molecule has 1 amide bonds. The van der Waals surface area contributed by atoms with Crippen LogP contribution in [0.5, 0.6) is 0 Å². The average molecular weight is 470 g/mol. The number of methoxy groups -OCH3 is 1. The summed E-state index contributed by atoms with van der Waals surface area (Å²) < 4.78 is 48.8. The second kappa shape index (κ2) is 8.31. The van der Waals surface area contributed by atoms with Crippen LogP contribution >= 0.6 is 0 Å². The second-order valence-electron chi connectivity index (χ2n) is 9.58. The van der Waals surface area contributed by atoms with Crippen LogP contribution in [0.3, 0.4) is 0 Å². The second-order valence-corrected chi connectivity index (χ2v) is 11.6. The van der Waals surface area contributed by atoms with Crippen LogP contribution in [0.2, 0.25) is 0 Å². The van der Waals surface area contributed by atoms with Crippen LogP contribution in [0.15, 0.2) is 29.2 Å². The first-order chi connectivity index (χ1) is 14.6. The minimum atomic E-state index is -3.84. The van der Waals surface area contributed by atoms with Crippen molar-refractivity contribution in [1.29, 1.82) is 0 Å². The maximum absolute atomic E-state index is 13.3. The summed E-state index contributed by atoms with van der Waals surface area (Å²) in [4.78, 5) is 27.1. The van der Waals surface area contributed by atoms with E-state index in [1.807, 2.05) is 6.92 Å². The molecule has 9 nitrogen and oxygen atoms in total. The summed E-state index contributed by atoms with van der Waals surface area (Å²) in [6.07, 6.45) is -2.60. The number of nitrogens with zero attached hydrogens (tertiary/aromatic N) is 1. The van der Waals surface area contributed by atoms with E-state index in [2.05, 4.69) is 0 Å². The van der Waals surface area contributed by atoms with Crippen LogP contribution < -0.4 is 0 Å². The van der Waals surface area contributed by atoms with Crippen molar-refractivity contribution in [2.75, 3.05) is 12.9 Å². The third-order valence-electron chi connectivity index (χ3n) is 5.33. The Hall–Kier alpha value is -2.17. The number of amides is 1. The van der Waals surface area contributed by atoms with Gasteiger partial charge in [0.25, 0.3) is 0 Å². The standard InChI is InChI=1S/C22H31NO8S/c1-13-8-10-14(11-9-13)32(26,27)12-15-17-18(30-22(5,6)29-17)16(19(24)28-7)23(15)20(25)31-21(2,3)4/h8-11,15-18H,12H2,1-7H3/t15-,16-,17-,18+/m1/s1. The van der Waals surface area contributed by atoms with Crippen LogP contribution in [0.4, 0.5) is 4.79 Å². The lowest BCUT2D eigenvalue weighted by atomic mass is 10.1. The molecule has 0 bridgehead atoms. The Labute approximate surface area is 188 Å². The van der Waals surface area contributed by atoms with Gasteiger partial charge in [-0.2, -0.15) is 0 Å². The predicted molar refractivity (Wildman–Crippen MR) is 115 cm³/mol. The van der Waals surface area contributed by atoms with Gasteiger partial charge in [0, 0.05) is 0 Å². The van der Waals surface area contributed by atoms with E-state index in [1.54, 1.807) is 46.8 Å². The van der Waals surface area contributed by atoms with Crippen LogP contribution in [0.25, 0.3) is 0 Å². The Morgan fingerprint density at radius 2 is 1.66 bits per heavy atom. The van der Waals surface area contributed by atoms with Crippen LogP contribution in [0, 0.1) is 6.92 Å². The lowest BCUT2D eigenvalue weighted by molar-refractivity contribution is -0.174. The SMILES string of the molecule is COC(=O)[C@H]1[C@@H]2OC(C)(C)O[C@@H]2[C@@H](CS(=O)(=O)c2ccc(C)cc2)N1C(=O)OC(C)(C)C. The summed E-state index contributed by atoms with van der Waals surface area (Å²) in [6, 6.07) is 4.20. The summed E-state index contributed by atoms with van der Waals surface area (Å²) >= 11 is 0. The van der Waals surface area contributed by atoms with Gasteiger partial charge in [-0.3, -0.25) is 4.90 Å². The van der Waals surface area contributed by atoms with Gasteiger partial charge in [0.1, 0.15) is 17.8 Å². The lowest BCUT2D eigenvalue weighted by Crippen LogP contribution is -2.53. The molecule has 0 radical (unpaired) electrons. The van der Waals surface area contributed by atoms with E-state index >= 15 is 0 Å². The Morgan fingerprint density at radius 3 is 2.19 bits per heavy atom. The Morgan fingerprint density at radius 1 is 1.09 bits per heavy atom. The monoisotopic (exact) mass is 469 g/mol. The van der Waals surface area contributed by atoms with Gasteiger partial charge in [0.05, 0.1) is 23.8 Å². The maximum Gasteiger partial charge on any atom is 0.411 e. The molecule has 0 aromatic heterocycles. The van der Waals surface area contributed by atoms with E-state index in [-0.39, 0.29) is 4.90 Å². The lowest BCUT2D eigenvalue weighted by Gasteiger charge is -2.34. The highest BCUT2D eigenvalue weighted by Crippen LogP contribution is 2.42. The van der Waals surface area contributed by atoms with Crippen molar-refractivity contribution in [2.24, 2.45) is 0 Å². The smallest absolute Gasteiger partial charge is 0.411 e. The molecule has 0 saturated carbocycles. The van der Waals surface area contributed by atoms with Crippen molar-refractivity contribution < 1.29 is 37.0 Å². The van der Waals surface area contributed by atoms with E-state index in [4.69, 9.17) is 18.9 Å². The van der Waals surface area contributed by atoms with Gasteiger partial charge in [-0.15, -0.1) is 0 Å².